The molecule has 3 aromatic rings. The van der Waals surface area contributed by atoms with E-state index in [0.29, 0.717) is 23.5 Å². The molecule has 6 rings (SSSR count). The molecule has 3 aliphatic rings. The third-order valence-corrected chi connectivity index (χ3v) is 7.53. The van der Waals surface area contributed by atoms with Crippen LogP contribution in [0.15, 0.2) is 42.9 Å². The molecule has 9 nitrogen and oxygen atoms in total. The van der Waals surface area contributed by atoms with Gasteiger partial charge in [-0.3, -0.25) is 9.69 Å². The van der Waals surface area contributed by atoms with Gasteiger partial charge in [0.05, 0.1) is 5.56 Å². The van der Waals surface area contributed by atoms with Gasteiger partial charge < -0.3 is 14.2 Å². The molecule has 0 radical (unpaired) electrons. The molecule has 0 saturated carbocycles. The molecular formula is C26H32N6O3. The van der Waals surface area contributed by atoms with E-state index in [1.807, 2.05) is 0 Å². The lowest BCUT2D eigenvalue weighted by atomic mass is 9.79. The number of aromatic nitrogens is 3. The molecule has 0 aliphatic carbocycles. The first-order chi connectivity index (χ1) is 17.1. The summed E-state index contributed by atoms with van der Waals surface area (Å²) >= 11 is 0. The Balaban J connectivity index is 1.01. The van der Waals surface area contributed by atoms with Gasteiger partial charge in [-0.1, -0.05) is 18.2 Å². The SMILES string of the molecule is Cn1cc(CN2CC3(CCN(c4ncc(C(=O)NOC5CCCCO5)cn4)C3)C2)c2ccccc21. The Morgan fingerprint density at radius 2 is 2.03 bits per heavy atom. The molecule has 0 bridgehead atoms. The van der Waals surface area contributed by atoms with E-state index in [-0.39, 0.29) is 12.2 Å². The lowest BCUT2D eigenvalue weighted by Gasteiger charge is -2.48. The smallest absolute Gasteiger partial charge is 0.278 e. The molecule has 1 unspecified atom stereocenters. The Morgan fingerprint density at radius 1 is 1.20 bits per heavy atom. The maximum Gasteiger partial charge on any atom is 0.278 e. The largest absolute Gasteiger partial charge is 0.350 e. The van der Waals surface area contributed by atoms with Crippen LogP contribution >= 0.6 is 0 Å². The van der Waals surface area contributed by atoms with Crippen molar-refractivity contribution in [3.63, 3.8) is 0 Å². The Hall–Kier alpha value is -3.01. The molecule has 1 spiro atoms. The van der Waals surface area contributed by atoms with Crippen LogP contribution in [0.25, 0.3) is 10.9 Å². The number of anilines is 1. The molecule has 3 saturated heterocycles. The first kappa shape index (κ1) is 22.5. The number of hydrogen-bond acceptors (Lipinski definition) is 7. The van der Waals surface area contributed by atoms with Gasteiger partial charge in [0, 0.05) is 87.7 Å². The average Bonchev–Trinajstić information content (AvgIpc) is 3.46. The summed E-state index contributed by atoms with van der Waals surface area (Å²) in [5, 5.41) is 1.35. The first-order valence-electron chi connectivity index (χ1n) is 12.5. The van der Waals surface area contributed by atoms with Crippen LogP contribution in [-0.2, 0) is 23.2 Å². The average molecular weight is 477 g/mol. The van der Waals surface area contributed by atoms with E-state index in [0.717, 1.165) is 58.4 Å². The van der Waals surface area contributed by atoms with Gasteiger partial charge in [0.25, 0.3) is 5.91 Å². The fourth-order valence-electron chi connectivity index (χ4n) is 5.75. The van der Waals surface area contributed by atoms with E-state index in [9.17, 15) is 4.79 Å². The third-order valence-electron chi connectivity index (χ3n) is 7.53. The van der Waals surface area contributed by atoms with Crippen molar-refractivity contribution in [3.05, 3.63) is 54.0 Å². The minimum Gasteiger partial charge on any atom is -0.350 e. The second-order valence-corrected chi connectivity index (χ2v) is 10.2. The zero-order chi connectivity index (χ0) is 23.8. The maximum atomic E-state index is 12.4. The minimum absolute atomic E-state index is 0.303. The number of amides is 1. The first-order valence-corrected chi connectivity index (χ1v) is 12.5. The van der Waals surface area contributed by atoms with Crippen LogP contribution in [0, 0.1) is 5.41 Å². The minimum atomic E-state index is -0.378. The van der Waals surface area contributed by atoms with Gasteiger partial charge >= 0.3 is 0 Å². The zero-order valence-electron chi connectivity index (χ0n) is 20.2. The van der Waals surface area contributed by atoms with Crippen LogP contribution in [0.3, 0.4) is 0 Å². The fraction of sp³-hybridized carbons (Fsp3) is 0.500. The number of hydrogen-bond donors (Lipinski definition) is 1. The molecule has 3 aliphatic heterocycles. The van der Waals surface area contributed by atoms with Gasteiger partial charge in [0.15, 0.2) is 6.29 Å². The van der Waals surface area contributed by atoms with E-state index in [1.54, 1.807) is 12.4 Å². The second-order valence-electron chi connectivity index (χ2n) is 10.2. The number of nitrogens with one attached hydrogen (secondary N) is 1. The van der Waals surface area contributed by atoms with Crippen molar-refractivity contribution < 1.29 is 14.4 Å². The van der Waals surface area contributed by atoms with Crippen LogP contribution in [0.4, 0.5) is 5.95 Å². The van der Waals surface area contributed by atoms with Crippen molar-refractivity contribution in [1.82, 2.24) is 24.9 Å². The normalized spacial score (nSPS) is 22.0. The number of fused-ring (bicyclic) bond motifs is 1. The van der Waals surface area contributed by atoms with Crippen LogP contribution in [0.1, 0.15) is 41.6 Å². The van der Waals surface area contributed by atoms with Crippen LogP contribution < -0.4 is 10.4 Å². The number of hydroxylamine groups is 1. The highest BCUT2D eigenvalue weighted by atomic mass is 16.8. The third kappa shape index (κ3) is 4.51. The molecule has 1 aromatic carbocycles. The topological polar surface area (TPSA) is 84.8 Å². The zero-order valence-corrected chi connectivity index (χ0v) is 20.2. The monoisotopic (exact) mass is 476 g/mol. The van der Waals surface area contributed by atoms with Gasteiger partial charge in [-0.2, -0.15) is 0 Å². The molecule has 1 amide bonds. The molecule has 1 N–H and O–H groups in total. The standard InChI is InChI=1S/C26H32N6O3/c1-30-14-20(21-6-2-3-7-22(21)30)15-31-16-26(17-31)9-10-32(18-26)25-27-12-19(13-28-25)24(33)29-35-23-8-4-5-11-34-23/h2-3,6-7,12-14,23H,4-5,8-11,15-18H2,1H3,(H,29,33). The van der Waals surface area contributed by atoms with E-state index < -0.39 is 0 Å². The number of para-hydroxylation sites is 1. The van der Waals surface area contributed by atoms with Gasteiger partial charge in [0.1, 0.15) is 0 Å². The quantitative estimate of drug-likeness (QED) is 0.548. The summed E-state index contributed by atoms with van der Waals surface area (Å²) in [6, 6.07) is 8.61. The molecule has 9 heteroatoms. The maximum absolute atomic E-state index is 12.4. The van der Waals surface area contributed by atoms with Gasteiger partial charge in [-0.15, -0.1) is 0 Å². The molecule has 5 heterocycles. The number of benzene rings is 1. The number of nitrogens with zero attached hydrogens (tertiary/aromatic N) is 5. The molecule has 35 heavy (non-hydrogen) atoms. The van der Waals surface area contributed by atoms with Gasteiger partial charge in [-0.05, 0) is 30.9 Å². The molecule has 3 fully saturated rings. The number of carbonyl (C=O) groups excluding carboxylic acids is 1. The Bertz CT molecular complexity index is 1200. The van der Waals surface area contributed by atoms with Crippen molar-refractivity contribution >= 4 is 22.8 Å². The van der Waals surface area contributed by atoms with Crippen molar-refractivity contribution in [2.24, 2.45) is 12.5 Å². The summed E-state index contributed by atoms with van der Waals surface area (Å²) in [5.74, 6) is 0.328. The summed E-state index contributed by atoms with van der Waals surface area (Å²) in [7, 11) is 2.12. The van der Waals surface area contributed by atoms with Crippen LogP contribution in [0.2, 0.25) is 0 Å². The highest BCUT2D eigenvalue weighted by molar-refractivity contribution is 5.92. The predicted octanol–water partition coefficient (Wildman–Crippen LogP) is 2.87. The summed E-state index contributed by atoms with van der Waals surface area (Å²) in [6.45, 7) is 5.72. The van der Waals surface area contributed by atoms with Crippen LogP contribution in [-0.4, -0.2) is 64.4 Å². The van der Waals surface area contributed by atoms with E-state index in [1.165, 1.54) is 16.5 Å². The number of ether oxygens (including phenoxy) is 1. The van der Waals surface area contributed by atoms with Crippen LogP contribution in [0.5, 0.6) is 0 Å². The van der Waals surface area contributed by atoms with Gasteiger partial charge in [-0.25, -0.2) is 20.3 Å². The Labute approximate surface area is 205 Å². The number of likely N-dealkylation sites (tertiary alicyclic amines) is 1. The van der Waals surface area contributed by atoms with E-state index in [4.69, 9.17) is 9.57 Å². The fourth-order valence-corrected chi connectivity index (χ4v) is 5.75. The molecule has 2 aromatic heterocycles. The summed E-state index contributed by atoms with van der Waals surface area (Å²) in [6.07, 6.45) is 9.01. The van der Waals surface area contributed by atoms with Crippen molar-refractivity contribution in [2.45, 2.75) is 38.5 Å². The van der Waals surface area contributed by atoms with E-state index in [2.05, 4.69) is 67.3 Å². The summed E-state index contributed by atoms with van der Waals surface area (Å²) < 4.78 is 7.68. The van der Waals surface area contributed by atoms with Crippen molar-refractivity contribution in [2.75, 3.05) is 37.7 Å². The summed E-state index contributed by atoms with van der Waals surface area (Å²) in [4.78, 5) is 31.4. The van der Waals surface area contributed by atoms with Gasteiger partial charge in [0.2, 0.25) is 5.95 Å². The summed E-state index contributed by atoms with van der Waals surface area (Å²) in [5.41, 5.74) is 5.82. The molecule has 1 atom stereocenters. The lowest BCUT2D eigenvalue weighted by Crippen LogP contribution is -2.56. The Morgan fingerprint density at radius 3 is 2.83 bits per heavy atom. The van der Waals surface area contributed by atoms with Crippen molar-refractivity contribution in [3.8, 4) is 0 Å². The lowest BCUT2D eigenvalue weighted by molar-refractivity contribution is -0.186. The molecule has 184 valence electrons. The second kappa shape index (κ2) is 9.22. The molecular weight excluding hydrogens is 444 g/mol. The highest BCUT2D eigenvalue weighted by Gasteiger charge is 2.48. The van der Waals surface area contributed by atoms with Crippen molar-refractivity contribution in [1.29, 1.82) is 0 Å². The highest BCUT2D eigenvalue weighted by Crippen LogP contribution is 2.41. The number of carbonyl (C=O) groups is 1. The Kier molecular flexibility index (Phi) is 5.91. The number of rotatable bonds is 6. The number of aryl methyl sites for hydroxylation is 1. The predicted molar refractivity (Wildman–Crippen MR) is 132 cm³/mol. The van der Waals surface area contributed by atoms with E-state index >= 15 is 0 Å².